The van der Waals surface area contributed by atoms with E-state index in [-0.39, 0.29) is 6.16 Å². The predicted molar refractivity (Wildman–Crippen MR) is 44.9 cm³/mol. The van der Waals surface area contributed by atoms with Crippen molar-refractivity contribution in [2.24, 2.45) is 14.7 Å². The van der Waals surface area contributed by atoms with Crippen molar-refractivity contribution in [1.82, 2.24) is 0 Å². The first-order chi connectivity index (χ1) is 5.74. The summed E-state index contributed by atoms with van der Waals surface area (Å²) in [5.41, 5.74) is 24.3. The van der Waals surface area contributed by atoms with Gasteiger partial charge in [-0.1, -0.05) is 0 Å². The summed E-state index contributed by atoms with van der Waals surface area (Å²) in [5.74, 6) is 0. The Balaban J connectivity index is 5.13. The van der Waals surface area contributed by atoms with Crippen molar-refractivity contribution in [2.75, 3.05) is 6.16 Å². The molecule has 0 radical (unpaired) electrons. The third-order valence-electron chi connectivity index (χ3n) is 0.974. The van der Waals surface area contributed by atoms with Crippen LogP contribution in [0.5, 0.6) is 0 Å². The number of nitrogens with zero attached hydrogens (tertiary/aromatic N) is 9. The smallest absolute Gasteiger partial charge is 0.0284 e. The Kier molecular flexibility index (Phi) is 4.38. The van der Waals surface area contributed by atoms with E-state index in [0.717, 1.165) is 0 Å². The SMILES string of the molecule is CC[P+](N=[N+]=[N-])(N=[N+]=[N-])N=[N+]=[N-]. The van der Waals surface area contributed by atoms with E-state index >= 15 is 0 Å². The van der Waals surface area contributed by atoms with Gasteiger partial charge in [-0.2, -0.15) is 0 Å². The molecule has 0 N–H and O–H groups in total. The maximum Gasteiger partial charge on any atom is 0.346 e. The lowest BCUT2D eigenvalue weighted by Gasteiger charge is -1.98. The van der Waals surface area contributed by atoms with Crippen LogP contribution in [0.1, 0.15) is 6.92 Å². The lowest BCUT2D eigenvalue weighted by Crippen LogP contribution is -1.80. The second-order valence-corrected chi connectivity index (χ2v) is 4.10. The Hall–Kier alpha value is -1.64. The molecule has 62 valence electrons. The zero-order valence-electron chi connectivity index (χ0n) is 6.18. The largest absolute Gasteiger partial charge is 0.346 e. The minimum atomic E-state index is -2.85. The highest BCUT2D eigenvalue weighted by Gasteiger charge is 2.36. The Morgan fingerprint density at radius 3 is 1.50 bits per heavy atom. The number of azide groups is 1. The normalized spacial score (nSPS) is 12.8. The zero-order valence-corrected chi connectivity index (χ0v) is 7.07. The van der Waals surface area contributed by atoms with Crippen molar-refractivity contribution in [3.8, 4) is 0 Å². The average molecular weight is 186 g/mol. The molecule has 0 amide bonds. The van der Waals surface area contributed by atoms with Crippen LogP contribution in [-0.4, -0.2) is 6.16 Å². The molecule has 0 aromatic heterocycles. The molecule has 0 aromatic rings. The molecular formula is C2H5N9P+. The molecule has 0 aliphatic rings. The van der Waals surface area contributed by atoms with Gasteiger partial charge in [-0.25, -0.2) is 0 Å². The van der Waals surface area contributed by atoms with E-state index in [1.165, 1.54) is 0 Å². The van der Waals surface area contributed by atoms with Gasteiger partial charge < -0.3 is 0 Å². The monoisotopic (exact) mass is 186 g/mol. The topological polar surface area (TPSA) is 146 Å². The number of rotatable bonds is 4. The van der Waals surface area contributed by atoms with E-state index in [1.807, 2.05) is 0 Å². The highest BCUT2D eigenvalue weighted by Crippen LogP contribution is 2.63. The fourth-order valence-electron chi connectivity index (χ4n) is 0.436. The molecule has 0 aliphatic carbocycles. The van der Waals surface area contributed by atoms with Crippen LogP contribution in [0.25, 0.3) is 31.3 Å². The molecular weight excluding hydrogens is 181 g/mol. The van der Waals surface area contributed by atoms with Crippen LogP contribution in [0, 0.1) is 0 Å². The summed E-state index contributed by atoms with van der Waals surface area (Å²) in [5, 5.41) is 0. The van der Waals surface area contributed by atoms with Crippen molar-refractivity contribution in [3.63, 3.8) is 0 Å². The minimum absolute atomic E-state index is 0.227. The summed E-state index contributed by atoms with van der Waals surface area (Å²) in [7, 11) is -2.85. The summed E-state index contributed by atoms with van der Waals surface area (Å²) in [6.07, 6.45) is 0.227. The van der Waals surface area contributed by atoms with Gasteiger partial charge in [0, 0.05) is 14.7 Å². The van der Waals surface area contributed by atoms with E-state index in [1.54, 1.807) is 6.92 Å². The first kappa shape index (κ1) is 10.4. The second kappa shape index (κ2) is 5.07. The summed E-state index contributed by atoms with van der Waals surface area (Å²) >= 11 is 0. The van der Waals surface area contributed by atoms with Gasteiger partial charge in [-0.05, 0) is 23.5 Å². The molecule has 0 rings (SSSR count). The van der Waals surface area contributed by atoms with Gasteiger partial charge in [0.25, 0.3) is 0 Å². The van der Waals surface area contributed by atoms with E-state index in [0.29, 0.717) is 0 Å². The van der Waals surface area contributed by atoms with Crippen molar-refractivity contribution < 1.29 is 0 Å². The highest BCUT2D eigenvalue weighted by atomic mass is 31.2. The third-order valence-corrected chi connectivity index (χ3v) is 2.92. The summed E-state index contributed by atoms with van der Waals surface area (Å²) in [6, 6.07) is 0. The maximum atomic E-state index is 8.11. The summed E-state index contributed by atoms with van der Waals surface area (Å²) < 4.78 is 0. The molecule has 9 nitrogen and oxygen atoms in total. The molecule has 0 fully saturated rings. The maximum absolute atomic E-state index is 8.11. The Bertz CT molecular complexity index is 242. The lowest BCUT2D eigenvalue weighted by molar-refractivity contribution is 1.35. The van der Waals surface area contributed by atoms with Gasteiger partial charge in [-0.15, -0.1) is 0 Å². The van der Waals surface area contributed by atoms with Crippen LogP contribution in [0.15, 0.2) is 14.7 Å². The van der Waals surface area contributed by atoms with E-state index < -0.39 is 7.71 Å². The van der Waals surface area contributed by atoms with Gasteiger partial charge in [0.1, 0.15) is 0 Å². The Morgan fingerprint density at radius 2 is 1.33 bits per heavy atom. The average Bonchev–Trinajstić information content (AvgIpc) is 2.06. The van der Waals surface area contributed by atoms with Crippen LogP contribution in [-0.2, 0) is 0 Å². The molecule has 12 heavy (non-hydrogen) atoms. The predicted octanol–water partition coefficient (Wildman–Crippen LogP) is 3.70. The molecule has 0 saturated heterocycles. The number of hydrogen-bond acceptors (Lipinski definition) is 3. The molecule has 0 unspecified atom stereocenters. The highest BCUT2D eigenvalue weighted by molar-refractivity contribution is 7.71. The van der Waals surface area contributed by atoms with Crippen LogP contribution < -0.4 is 0 Å². The minimum Gasteiger partial charge on any atom is -0.0284 e. The molecule has 0 bridgehead atoms. The van der Waals surface area contributed by atoms with Crippen LogP contribution in [0.2, 0.25) is 0 Å². The standard InChI is InChI=1S/C2H5N9P/c1-2-12(9-6-3,10-7-4)11-8-5/h2H2,1H3/q+1. The summed E-state index contributed by atoms with van der Waals surface area (Å²) in [6.45, 7) is 1.62. The first-order valence-corrected chi connectivity index (χ1v) is 4.66. The van der Waals surface area contributed by atoms with Gasteiger partial charge >= 0.3 is 7.71 Å². The van der Waals surface area contributed by atoms with Crippen LogP contribution in [0.4, 0.5) is 0 Å². The Morgan fingerprint density at radius 1 is 1.00 bits per heavy atom. The molecule has 0 aromatic carbocycles. The van der Waals surface area contributed by atoms with E-state index in [2.05, 4.69) is 29.4 Å². The van der Waals surface area contributed by atoms with Crippen molar-refractivity contribution >= 4 is 7.71 Å². The van der Waals surface area contributed by atoms with Crippen LogP contribution >= 0.6 is 7.71 Å². The lowest BCUT2D eigenvalue weighted by atomic mass is 11.0. The van der Waals surface area contributed by atoms with Crippen molar-refractivity contribution in [3.05, 3.63) is 31.3 Å². The van der Waals surface area contributed by atoms with Gasteiger partial charge in [0.05, 0.1) is 20.8 Å². The van der Waals surface area contributed by atoms with Crippen molar-refractivity contribution in [1.29, 1.82) is 0 Å². The van der Waals surface area contributed by atoms with Gasteiger partial charge in [0.2, 0.25) is 0 Å². The van der Waals surface area contributed by atoms with Gasteiger partial charge in [-0.3, -0.25) is 0 Å². The fourth-order valence-corrected chi connectivity index (χ4v) is 1.31. The van der Waals surface area contributed by atoms with E-state index in [9.17, 15) is 0 Å². The molecule has 0 atom stereocenters. The van der Waals surface area contributed by atoms with E-state index in [4.69, 9.17) is 16.6 Å². The summed E-state index contributed by atoms with van der Waals surface area (Å²) in [4.78, 5) is 17.0. The Labute approximate surface area is 67.8 Å². The van der Waals surface area contributed by atoms with Crippen LogP contribution in [0.3, 0.4) is 0 Å². The van der Waals surface area contributed by atoms with Crippen molar-refractivity contribution in [2.45, 2.75) is 6.92 Å². The fraction of sp³-hybridized carbons (Fsp3) is 1.00. The first-order valence-electron chi connectivity index (χ1n) is 2.82. The number of hydrogen-bond donors (Lipinski definition) is 0. The zero-order chi connectivity index (χ0) is 9.45. The van der Waals surface area contributed by atoms with Gasteiger partial charge in [0.15, 0.2) is 0 Å². The quantitative estimate of drug-likeness (QED) is 0.272. The molecule has 10 heteroatoms. The second-order valence-electron chi connectivity index (χ2n) is 1.55. The molecule has 0 saturated carbocycles. The molecule has 0 spiro atoms. The molecule has 0 aliphatic heterocycles. The third kappa shape index (κ3) is 2.54. The molecule has 0 heterocycles.